The minimum Gasteiger partial charge on any atom is -0.356 e. The van der Waals surface area contributed by atoms with E-state index in [1.54, 1.807) is 7.05 Å². The maximum Gasteiger partial charge on any atom is 0.223 e. The van der Waals surface area contributed by atoms with Crippen LogP contribution in [0.1, 0.15) is 29.5 Å². The number of hydrogen-bond acceptors (Lipinski definition) is 2. The molecular formula is C22H28BrIN4O. The molecule has 1 heterocycles. The number of aliphatic imine (C=N–C) groups is 1. The van der Waals surface area contributed by atoms with Crippen LogP contribution in [-0.2, 0) is 24.4 Å². The van der Waals surface area contributed by atoms with Crippen molar-refractivity contribution in [3.8, 4) is 0 Å². The van der Waals surface area contributed by atoms with Crippen LogP contribution in [0.5, 0.6) is 0 Å². The van der Waals surface area contributed by atoms with E-state index in [9.17, 15) is 4.79 Å². The predicted molar refractivity (Wildman–Crippen MR) is 132 cm³/mol. The average molecular weight is 571 g/mol. The first-order valence-corrected chi connectivity index (χ1v) is 10.4. The molecule has 7 heteroatoms. The van der Waals surface area contributed by atoms with Gasteiger partial charge in [-0.05, 0) is 35.2 Å². The second-order valence-electron chi connectivity index (χ2n) is 7.08. The topological polar surface area (TPSA) is 47.9 Å². The van der Waals surface area contributed by atoms with Crippen LogP contribution in [0.4, 0.5) is 0 Å². The van der Waals surface area contributed by atoms with E-state index in [0.717, 1.165) is 43.0 Å². The summed E-state index contributed by atoms with van der Waals surface area (Å²) >= 11 is 3.46. The molecule has 2 aromatic rings. The summed E-state index contributed by atoms with van der Waals surface area (Å²) in [6.45, 7) is 2.97. The Balaban J connectivity index is 0.00000300. The first-order chi connectivity index (χ1) is 13.6. The van der Waals surface area contributed by atoms with Crippen LogP contribution in [0.3, 0.4) is 0 Å². The van der Waals surface area contributed by atoms with Crippen molar-refractivity contribution in [1.29, 1.82) is 0 Å². The lowest BCUT2D eigenvalue weighted by Crippen LogP contribution is -2.39. The van der Waals surface area contributed by atoms with Gasteiger partial charge in [-0.3, -0.25) is 9.79 Å². The highest BCUT2D eigenvalue weighted by Gasteiger charge is 2.22. The summed E-state index contributed by atoms with van der Waals surface area (Å²) in [5.74, 6) is 1.06. The van der Waals surface area contributed by atoms with Gasteiger partial charge in [-0.1, -0.05) is 52.3 Å². The lowest BCUT2D eigenvalue weighted by atomic mass is 10.1. The minimum absolute atomic E-state index is 0. The van der Waals surface area contributed by atoms with Gasteiger partial charge in [-0.15, -0.1) is 24.0 Å². The summed E-state index contributed by atoms with van der Waals surface area (Å²) in [6.07, 6.45) is 1.34. The zero-order valence-electron chi connectivity index (χ0n) is 16.9. The summed E-state index contributed by atoms with van der Waals surface area (Å²) in [5.41, 5.74) is 3.75. The normalized spacial score (nSPS) is 12.9. The smallest absolute Gasteiger partial charge is 0.223 e. The molecule has 1 amide bonds. The summed E-state index contributed by atoms with van der Waals surface area (Å²) in [7, 11) is 3.80. The fourth-order valence-corrected chi connectivity index (χ4v) is 3.70. The molecule has 0 fully saturated rings. The number of nitrogens with one attached hydrogen (secondary N) is 1. The molecule has 0 saturated carbocycles. The Morgan fingerprint density at radius 1 is 1.14 bits per heavy atom. The van der Waals surface area contributed by atoms with Crippen LogP contribution in [0, 0.1) is 0 Å². The summed E-state index contributed by atoms with van der Waals surface area (Å²) < 4.78 is 1.08. The van der Waals surface area contributed by atoms with E-state index in [2.05, 4.69) is 55.4 Å². The van der Waals surface area contributed by atoms with E-state index in [-0.39, 0.29) is 29.9 Å². The molecule has 29 heavy (non-hydrogen) atoms. The third-order valence-corrected chi connectivity index (χ3v) is 5.48. The third kappa shape index (κ3) is 6.70. The minimum atomic E-state index is 0. The van der Waals surface area contributed by atoms with Gasteiger partial charge in [0.05, 0.1) is 0 Å². The SMILES string of the molecule is CN=C(NCCCC(=O)N1Cc2ccccc2C1)N(C)Cc1ccc(Br)cc1.I. The Kier molecular flexibility index (Phi) is 9.42. The van der Waals surface area contributed by atoms with Gasteiger partial charge in [0.15, 0.2) is 5.96 Å². The van der Waals surface area contributed by atoms with Crippen molar-refractivity contribution < 1.29 is 4.79 Å². The molecular weight excluding hydrogens is 543 g/mol. The van der Waals surface area contributed by atoms with Crippen molar-refractivity contribution in [2.75, 3.05) is 20.6 Å². The van der Waals surface area contributed by atoms with Crippen molar-refractivity contribution in [3.05, 3.63) is 69.7 Å². The summed E-state index contributed by atoms with van der Waals surface area (Å²) in [6, 6.07) is 16.6. The fourth-order valence-electron chi connectivity index (χ4n) is 3.43. The highest BCUT2D eigenvalue weighted by Crippen LogP contribution is 2.22. The first-order valence-electron chi connectivity index (χ1n) is 9.57. The van der Waals surface area contributed by atoms with Crippen LogP contribution < -0.4 is 5.32 Å². The molecule has 1 aliphatic rings. The maximum absolute atomic E-state index is 12.5. The van der Waals surface area contributed by atoms with Gasteiger partial charge in [0.25, 0.3) is 0 Å². The van der Waals surface area contributed by atoms with E-state index in [1.807, 2.05) is 36.2 Å². The van der Waals surface area contributed by atoms with Gasteiger partial charge in [-0.25, -0.2) is 0 Å². The van der Waals surface area contributed by atoms with Gasteiger partial charge in [0.2, 0.25) is 5.91 Å². The van der Waals surface area contributed by atoms with Crippen molar-refractivity contribution in [1.82, 2.24) is 15.1 Å². The summed E-state index contributed by atoms with van der Waals surface area (Å²) in [5, 5.41) is 3.36. The Morgan fingerprint density at radius 3 is 2.34 bits per heavy atom. The van der Waals surface area contributed by atoms with Crippen LogP contribution in [0.2, 0.25) is 0 Å². The second kappa shape index (κ2) is 11.5. The molecule has 5 nitrogen and oxygen atoms in total. The number of hydrogen-bond donors (Lipinski definition) is 1. The summed E-state index contributed by atoms with van der Waals surface area (Å²) in [4.78, 5) is 20.9. The highest BCUT2D eigenvalue weighted by molar-refractivity contribution is 14.0. The van der Waals surface area contributed by atoms with E-state index >= 15 is 0 Å². The monoisotopic (exact) mass is 570 g/mol. The Labute approximate surface area is 198 Å². The maximum atomic E-state index is 12.5. The number of halogens is 2. The number of carbonyl (C=O) groups excluding carboxylic acids is 1. The van der Waals surface area contributed by atoms with Crippen LogP contribution in [0.15, 0.2) is 58.0 Å². The molecule has 0 unspecified atom stereocenters. The quantitative estimate of drug-likeness (QED) is 0.242. The molecule has 0 aliphatic carbocycles. The molecule has 156 valence electrons. The van der Waals surface area contributed by atoms with Crippen molar-refractivity contribution in [3.63, 3.8) is 0 Å². The van der Waals surface area contributed by atoms with E-state index < -0.39 is 0 Å². The number of benzene rings is 2. The number of amides is 1. The molecule has 1 aliphatic heterocycles. The van der Waals surface area contributed by atoms with Crippen molar-refractivity contribution >= 4 is 51.8 Å². The van der Waals surface area contributed by atoms with E-state index in [4.69, 9.17) is 0 Å². The van der Waals surface area contributed by atoms with Gasteiger partial charge >= 0.3 is 0 Å². The van der Waals surface area contributed by atoms with Gasteiger partial charge < -0.3 is 15.1 Å². The predicted octanol–water partition coefficient (Wildman–Crippen LogP) is 4.40. The lowest BCUT2D eigenvalue weighted by Gasteiger charge is -2.22. The Hall–Kier alpha value is -1.61. The molecule has 1 N–H and O–H groups in total. The zero-order chi connectivity index (χ0) is 19.9. The number of carbonyl (C=O) groups is 1. The van der Waals surface area contributed by atoms with Crippen molar-refractivity contribution in [2.45, 2.75) is 32.5 Å². The first kappa shape index (κ1) is 23.7. The molecule has 0 radical (unpaired) electrons. The highest BCUT2D eigenvalue weighted by atomic mass is 127. The molecule has 0 aromatic heterocycles. The molecule has 0 saturated heterocycles. The van der Waals surface area contributed by atoms with Gasteiger partial charge in [-0.2, -0.15) is 0 Å². The Bertz CT molecular complexity index is 816. The Morgan fingerprint density at radius 2 is 1.76 bits per heavy atom. The largest absolute Gasteiger partial charge is 0.356 e. The third-order valence-electron chi connectivity index (χ3n) is 4.95. The van der Waals surface area contributed by atoms with E-state index in [1.165, 1.54) is 16.7 Å². The van der Waals surface area contributed by atoms with E-state index in [0.29, 0.717) is 6.42 Å². The number of fused-ring (bicyclic) bond motifs is 1. The fraction of sp³-hybridized carbons (Fsp3) is 0.364. The standard InChI is InChI=1S/C22H27BrN4O.HI/c1-24-22(26(2)14-17-9-11-20(23)12-10-17)25-13-5-8-21(28)27-15-18-6-3-4-7-19(18)16-27;/h3-4,6-7,9-12H,5,8,13-16H2,1-2H3,(H,24,25);1H. The average Bonchev–Trinajstić information content (AvgIpc) is 3.14. The second-order valence-corrected chi connectivity index (χ2v) is 7.99. The number of rotatable bonds is 6. The van der Waals surface area contributed by atoms with Gasteiger partial charge in [0.1, 0.15) is 0 Å². The van der Waals surface area contributed by atoms with Crippen LogP contribution >= 0.6 is 39.9 Å². The molecule has 0 atom stereocenters. The van der Waals surface area contributed by atoms with Crippen LogP contribution in [0.25, 0.3) is 0 Å². The zero-order valence-corrected chi connectivity index (χ0v) is 20.8. The molecule has 0 spiro atoms. The molecule has 2 aromatic carbocycles. The number of guanidine groups is 1. The van der Waals surface area contributed by atoms with Crippen LogP contribution in [-0.4, -0.2) is 42.3 Å². The van der Waals surface area contributed by atoms with Gasteiger partial charge in [0, 0.05) is 51.2 Å². The van der Waals surface area contributed by atoms with Crippen molar-refractivity contribution in [2.24, 2.45) is 4.99 Å². The number of nitrogens with zero attached hydrogens (tertiary/aromatic N) is 3. The lowest BCUT2D eigenvalue weighted by molar-refractivity contribution is -0.131. The molecule has 0 bridgehead atoms. The molecule has 3 rings (SSSR count).